The number of nitrogens with zero attached hydrogens (tertiary/aromatic N) is 1. The number of hydrogen-bond donors (Lipinski definition) is 1. The largest absolute Gasteiger partial charge is 0.490 e. The topological polar surface area (TPSA) is 33.7 Å². The molecule has 0 bridgehead atoms. The minimum atomic E-state index is 0.743. The van der Waals surface area contributed by atoms with Gasteiger partial charge in [0.25, 0.3) is 0 Å². The second-order valence-corrected chi connectivity index (χ2v) is 6.23. The van der Waals surface area contributed by atoms with Crippen molar-refractivity contribution in [1.82, 2.24) is 10.2 Å². The normalized spacial score (nSPS) is 14.3. The first-order valence-electron chi connectivity index (χ1n) is 7.13. The molecule has 0 aromatic heterocycles. The molecule has 0 aliphatic carbocycles. The highest BCUT2D eigenvalue weighted by Crippen LogP contribution is 2.33. The van der Waals surface area contributed by atoms with E-state index < -0.39 is 0 Å². The first kappa shape index (κ1) is 15.5. The van der Waals surface area contributed by atoms with Gasteiger partial charge in [-0.25, -0.2) is 0 Å². The number of fused-ring (bicyclic) bond motifs is 1. The fourth-order valence-electron chi connectivity index (χ4n) is 1.90. The smallest absolute Gasteiger partial charge is 0.162 e. The number of benzene rings is 1. The molecule has 0 unspecified atom stereocenters. The van der Waals surface area contributed by atoms with Gasteiger partial charge in [0.15, 0.2) is 11.5 Å². The van der Waals surface area contributed by atoms with Gasteiger partial charge in [0.05, 0.1) is 13.2 Å². The molecular formula is C15H24N2O2S. The molecule has 0 amide bonds. The summed E-state index contributed by atoms with van der Waals surface area (Å²) in [5, 5.41) is 3.44. The predicted octanol–water partition coefficient (Wildman–Crippen LogP) is 2.09. The molecule has 1 aliphatic rings. The Morgan fingerprint density at radius 2 is 1.95 bits per heavy atom. The first-order chi connectivity index (χ1) is 9.75. The first-order valence-corrected chi connectivity index (χ1v) is 8.12. The van der Waals surface area contributed by atoms with Gasteiger partial charge in [-0.2, -0.15) is 0 Å². The molecule has 0 saturated carbocycles. The SMILES string of the molecule is CN(C)CCNCCSc1ccc2c(c1)OCCCO2. The second-order valence-electron chi connectivity index (χ2n) is 5.06. The molecule has 1 aromatic carbocycles. The molecule has 0 spiro atoms. The molecule has 0 saturated heterocycles. The molecular weight excluding hydrogens is 272 g/mol. The summed E-state index contributed by atoms with van der Waals surface area (Å²) in [6.07, 6.45) is 0.951. The van der Waals surface area contributed by atoms with Crippen molar-refractivity contribution in [2.75, 3.05) is 52.7 Å². The third-order valence-corrected chi connectivity index (χ3v) is 4.00. The lowest BCUT2D eigenvalue weighted by molar-refractivity contribution is 0.297. The van der Waals surface area contributed by atoms with Crippen molar-refractivity contribution in [3.05, 3.63) is 18.2 Å². The summed E-state index contributed by atoms with van der Waals surface area (Å²) in [5.41, 5.74) is 0. The van der Waals surface area contributed by atoms with Crippen molar-refractivity contribution in [3.63, 3.8) is 0 Å². The third-order valence-electron chi connectivity index (χ3n) is 3.00. The quantitative estimate of drug-likeness (QED) is 0.615. The van der Waals surface area contributed by atoms with E-state index in [9.17, 15) is 0 Å². The molecule has 4 nitrogen and oxygen atoms in total. The van der Waals surface area contributed by atoms with Gasteiger partial charge in [0, 0.05) is 36.7 Å². The zero-order chi connectivity index (χ0) is 14.2. The van der Waals surface area contributed by atoms with Crippen LogP contribution in [-0.2, 0) is 0 Å². The van der Waals surface area contributed by atoms with Crippen LogP contribution in [0.1, 0.15) is 6.42 Å². The Kier molecular flexibility index (Phi) is 6.50. The number of rotatable bonds is 7. The average Bonchev–Trinajstić information content (AvgIpc) is 2.67. The van der Waals surface area contributed by atoms with Gasteiger partial charge < -0.3 is 19.7 Å². The summed E-state index contributed by atoms with van der Waals surface area (Å²) in [6, 6.07) is 6.21. The maximum atomic E-state index is 5.70. The Hall–Kier alpha value is -0.910. The van der Waals surface area contributed by atoms with Crippen molar-refractivity contribution in [1.29, 1.82) is 0 Å². The Labute approximate surface area is 125 Å². The zero-order valence-corrected chi connectivity index (χ0v) is 13.2. The molecule has 1 N–H and O–H groups in total. The summed E-state index contributed by atoms with van der Waals surface area (Å²) in [6.45, 7) is 4.62. The lowest BCUT2D eigenvalue weighted by atomic mass is 10.3. The van der Waals surface area contributed by atoms with Gasteiger partial charge in [-0.05, 0) is 32.3 Å². The van der Waals surface area contributed by atoms with Crippen LogP contribution in [-0.4, -0.2) is 57.6 Å². The summed E-state index contributed by atoms with van der Waals surface area (Å²) < 4.78 is 11.3. The van der Waals surface area contributed by atoms with Crippen LogP contribution in [0, 0.1) is 0 Å². The Morgan fingerprint density at radius 3 is 2.75 bits per heavy atom. The van der Waals surface area contributed by atoms with Crippen LogP contribution in [0.25, 0.3) is 0 Å². The lowest BCUT2D eigenvalue weighted by Crippen LogP contribution is -2.27. The summed E-state index contributed by atoms with van der Waals surface area (Å²) in [7, 11) is 4.18. The van der Waals surface area contributed by atoms with Gasteiger partial charge in [-0.3, -0.25) is 0 Å². The number of nitrogens with one attached hydrogen (secondary N) is 1. The second kappa shape index (κ2) is 8.39. The van der Waals surface area contributed by atoms with E-state index in [4.69, 9.17) is 9.47 Å². The number of thioether (sulfide) groups is 1. The molecule has 1 heterocycles. The Bertz CT molecular complexity index is 413. The van der Waals surface area contributed by atoms with Crippen LogP contribution in [0.2, 0.25) is 0 Å². The van der Waals surface area contributed by atoms with Crippen LogP contribution < -0.4 is 14.8 Å². The maximum absolute atomic E-state index is 5.70. The molecule has 2 rings (SSSR count). The van der Waals surface area contributed by atoms with Gasteiger partial charge in [0.1, 0.15) is 0 Å². The van der Waals surface area contributed by atoms with Crippen LogP contribution in [0.15, 0.2) is 23.1 Å². The molecule has 0 atom stereocenters. The monoisotopic (exact) mass is 296 g/mol. The lowest BCUT2D eigenvalue weighted by Gasteiger charge is -2.11. The van der Waals surface area contributed by atoms with Crippen LogP contribution >= 0.6 is 11.8 Å². The van der Waals surface area contributed by atoms with Crippen LogP contribution in [0.3, 0.4) is 0 Å². The van der Waals surface area contributed by atoms with E-state index in [1.807, 2.05) is 17.8 Å². The van der Waals surface area contributed by atoms with E-state index in [1.165, 1.54) is 4.90 Å². The molecule has 5 heteroatoms. The molecule has 20 heavy (non-hydrogen) atoms. The molecule has 0 fully saturated rings. The van der Waals surface area contributed by atoms with E-state index in [2.05, 4.69) is 36.4 Å². The minimum Gasteiger partial charge on any atom is -0.490 e. The van der Waals surface area contributed by atoms with Crippen molar-refractivity contribution in [2.45, 2.75) is 11.3 Å². The number of hydrogen-bond acceptors (Lipinski definition) is 5. The molecule has 1 aromatic rings. The summed E-state index contributed by atoms with van der Waals surface area (Å²) in [5.74, 6) is 2.82. The van der Waals surface area contributed by atoms with Gasteiger partial charge in [-0.15, -0.1) is 11.8 Å². The van der Waals surface area contributed by atoms with Crippen molar-refractivity contribution in [3.8, 4) is 11.5 Å². The maximum Gasteiger partial charge on any atom is 0.162 e. The van der Waals surface area contributed by atoms with Crippen molar-refractivity contribution < 1.29 is 9.47 Å². The van der Waals surface area contributed by atoms with Crippen molar-refractivity contribution >= 4 is 11.8 Å². The van der Waals surface area contributed by atoms with E-state index in [1.54, 1.807) is 0 Å². The van der Waals surface area contributed by atoms with E-state index in [-0.39, 0.29) is 0 Å². The Balaban J connectivity index is 1.72. The molecule has 112 valence electrons. The minimum absolute atomic E-state index is 0.743. The Morgan fingerprint density at radius 1 is 1.15 bits per heavy atom. The van der Waals surface area contributed by atoms with Crippen LogP contribution in [0.4, 0.5) is 0 Å². The highest BCUT2D eigenvalue weighted by molar-refractivity contribution is 7.99. The highest BCUT2D eigenvalue weighted by atomic mass is 32.2. The number of likely N-dealkylation sites (N-methyl/N-ethyl adjacent to an activating group) is 1. The standard InChI is InChI=1S/C15H24N2O2S/c1-17(2)8-6-16-7-11-20-13-4-5-14-15(12-13)19-10-3-9-18-14/h4-5,12,16H,3,6-11H2,1-2H3. The van der Waals surface area contributed by atoms with E-state index >= 15 is 0 Å². The fraction of sp³-hybridized carbons (Fsp3) is 0.600. The zero-order valence-electron chi connectivity index (χ0n) is 12.4. The third kappa shape index (κ3) is 5.23. The van der Waals surface area contributed by atoms with Gasteiger partial charge >= 0.3 is 0 Å². The summed E-state index contributed by atoms with van der Waals surface area (Å²) >= 11 is 1.85. The van der Waals surface area contributed by atoms with Gasteiger partial charge in [-0.1, -0.05) is 0 Å². The highest BCUT2D eigenvalue weighted by Gasteiger charge is 2.10. The predicted molar refractivity (Wildman–Crippen MR) is 84.2 cm³/mol. The van der Waals surface area contributed by atoms with E-state index in [0.717, 1.165) is 56.5 Å². The van der Waals surface area contributed by atoms with E-state index in [0.29, 0.717) is 0 Å². The van der Waals surface area contributed by atoms with Crippen LogP contribution in [0.5, 0.6) is 11.5 Å². The number of ether oxygens (including phenoxy) is 2. The molecule has 1 aliphatic heterocycles. The fourth-order valence-corrected chi connectivity index (χ4v) is 2.74. The van der Waals surface area contributed by atoms with Crippen molar-refractivity contribution in [2.24, 2.45) is 0 Å². The molecule has 0 radical (unpaired) electrons. The van der Waals surface area contributed by atoms with Gasteiger partial charge in [0.2, 0.25) is 0 Å². The average molecular weight is 296 g/mol. The summed E-state index contributed by atoms with van der Waals surface area (Å²) in [4.78, 5) is 3.42.